The first-order valence-corrected chi connectivity index (χ1v) is 46.7. The molecule has 0 amide bonds. The van der Waals surface area contributed by atoms with Crippen LogP contribution in [0, 0.1) is 0 Å². The standard InChI is InChI=1S/C19H30O3Si.C13H15ClO2.C13H16O3.C12H14O4.C12H14O2.C11H12O3.C6H15ClSi.C2H5ClO.CH2O3.CH4O.2Na.H/c1-14(20)19(10-11-19)16-8-9-17(21-5)15(12-16)13-22-23(6,7)18(2,3)4;2*1-9(15)13(5-6-13)11-3-4-12(16-2)10(7-11)8-14;1-16-10-3-2-9(6-8(10)7-13)12(4-5-12)11(14)15;1-9(13)12(7-8-12)10-3-5-11(14-2)6-4-10;1-14-9-4-2-8(3-5-9)11(6-7-11)10(12)13;1-6(2,3)8(4,5)7;1-4-2-3;2-1-4-3;1-2;;;/h8-9,12H,10-11,13H2,1-7H3;3-4,7H,5-6,8H2,1-2H3;3-4,7,14H,5-6,8H2,1-2H3;2-3,6,13H,4-5,7H2,1H3,(H,14,15);3-6H,7-8H2,1-2H3;2-5H,6-7H2,1H3,(H,12,13);1-5H3;2H2,1H3;1,3H;2H,1H3;;;/q;;;;;;;;;;2*+1;-1/p-1. The van der Waals surface area contributed by atoms with Crippen molar-refractivity contribution in [2.75, 3.05) is 62.9 Å². The molecule has 0 saturated heterocycles. The zero-order chi connectivity index (χ0) is 88.9. The van der Waals surface area contributed by atoms with Gasteiger partial charge in [-0.05, 0) is 234 Å². The van der Waals surface area contributed by atoms with E-state index in [0.717, 1.165) is 144 Å². The van der Waals surface area contributed by atoms with Crippen LogP contribution in [0.15, 0.2) is 121 Å². The Morgan fingerprint density at radius 1 is 0.429 bits per heavy atom. The van der Waals surface area contributed by atoms with Crippen LogP contribution in [-0.4, -0.2) is 146 Å². The number of carboxylic acids is 2. The summed E-state index contributed by atoms with van der Waals surface area (Å²) < 4.78 is 41.7. The fourth-order valence-corrected chi connectivity index (χ4v) is 13.6. The van der Waals surface area contributed by atoms with Gasteiger partial charge in [-0.15, -0.1) is 11.6 Å². The summed E-state index contributed by atoms with van der Waals surface area (Å²) in [6.45, 7) is 29.0. The van der Waals surface area contributed by atoms with Crippen LogP contribution in [0.3, 0.4) is 0 Å². The Balaban J connectivity index is 0.00000136. The van der Waals surface area contributed by atoms with E-state index in [2.05, 4.69) is 83.4 Å². The van der Waals surface area contributed by atoms with Crippen LogP contribution < -0.4 is 92.8 Å². The minimum absolute atomic E-state index is 0. The molecule has 6 fully saturated rings. The zero-order valence-corrected chi connectivity index (χ0v) is 82.7. The summed E-state index contributed by atoms with van der Waals surface area (Å²) in [6, 6.07) is 38.2. The summed E-state index contributed by atoms with van der Waals surface area (Å²) in [4.78, 5) is 80.0. The van der Waals surface area contributed by atoms with Gasteiger partial charge in [0.25, 0.3) is 6.47 Å². The number of rotatable bonds is 26. The van der Waals surface area contributed by atoms with E-state index in [1.54, 1.807) is 101 Å². The fourth-order valence-electron chi connectivity index (χ4n) is 12.4. The van der Waals surface area contributed by atoms with E-state index < -0.39 is 38.5 Å². The number of carbonyl (C=O) groups excluding carboxylic acids is 5. The molecule has 0 radical (unpaired) electrons. The van der Waals surface area contributed by atoms with Crippen molar-refractivity contribution in [2.45, 2.75) is 241 Å². The Labute approximate surface area is 767 Å². The van der Waals surface area contributed by atoms with Gasteiger partial charge in [0.15, 0.2) is 15.7 Å². The number of Topliss-reactive ketones (excluding diaryl/α,β-unsaturated/α-hetero) is 4. The number of carbonyl (C=O) groups is 7. The molecular formula is C90H127Cl3Na2O22Si2. The third kappa shape index (κ3) is 30.3. The molecule has 6 aliphatic rings. The summed E-state index contributed by atoms with van der Waals surface area (Å²) in [7, 11) is 9.00. The quantitative estimate of drug-likeness (QED) is 0.00841. The summed E-state index contributed by atoms with van der Waals surface area (Å²) in [5, 5.41) is 52.6. The van der Waals surface area contributed by atoms with Crippen LogP contribution in [0.4, 0.5) is 0 Å². The molecule has 119 heavy (non-hydrogen) atoms. The van der Waals surface area contributed by atoms with Crippen LogP contribution in [0.5, 0.6) is 34.5 Å². The van der Waals surface area contributed by atoms with Crippen molar-refractivity contribution in [3.63, 3.8) is 0 Å². The van der Waals surface area contributed by atoms with Crippen molar-refractivity contribution < 1.29 is 167 Å². The van der Waals surface area contributed by atoms with Gasteiger partial charge in [0.2, 0.25) is 0 Å². The first kappa shape index (κ1) is 111. The Kier molecular flexibility index (Phi) is 46.5. The molecular weight excluding hydrogens is 1640 g/mol. The minimum atomic E-state index is -1.82. The molecule has 12 rings (SSSR count). The van der Waals surface area contributed by atoms with E-state index in [1.807, 2.05) is 84.9 Å². The molecule has 0 spiro atoms. The van der Waals surface area contributed by atoms with Crippen LogP contribution in [-0.2, 0) is 106 Å². The van der Waals surface area contributed by atoms with Gasteiger partial charge >= 0.3 is 71.1 Å². The van der Waals surface area contributed by atoms with Crippen LogP contribution in [0.25, 0.3) is 0 Å². The SMILES string of the molecule is CC(C)(C)[Si](C)(C)Cl.CO.COCCl.COc1ccc(C2(C(=O)O)CC2)cc1.COc1ccc(C2(C(=O)O)CC2)cc1CO.COc1ccc(C2(C(C)=O)CC2)cc1.COc1ccc(C2(C(C)=O)CC2)cc1CCl.COc1ccc(C2(C(C)=O)CC2)cc1CO.COc1ccc(C2(C(C)=O)CC2)cc1CO[Si](C)(C)C(C)(C)C.O=CO[O-].[H-].[Na+].[Na+]. The van der Waals surface area contributed by atoms with Crippen molar-refractivity contribution in [1.82, 2.24) is 0 Å². The van der Waals surface area contributed by atoms with Crippen molar-refractivity contribution in [3.05, 3.63) is 177 Å². The normalized spacial score (nSPS) is 15.7. The van der Waals surface area contributed by atoms with Gasteiger partial charge in [-0.2, -0.15) is 11.1 Å². The van der Waals surface area contributed by atoms with Gasteiger partial charge < -0.3 is 74.7 Å². The number of ketones is 4. The number of carboxylic acid groups (broad SMARTS) is 2. The zero-order valence-electron chi connectivity index (χ0n) is 75.5. The predicted molar refractivity (Wildman–Crippen MR) is 462 cm³/mol. The first-order valence-electron chi connectivity index (χ1n) is 38.7. The third-order valence-corrected chi connectivity index (χ3v) is 33.7. The maximum Gasteiger partial charge on any atom is 1.00 e. The minimum Gasteiger partial charge on any atom is -1.00 e. The topological polar surface area (TPSA) is 327 Å². The van der Waals surface area contributed by atoms with Gasteiger partial charge in [-0.25, -0.2) is 0 Å². The van der Waals surface area contributed by atoms with E-state index in [1.165, 1.54) is 7.11 Å². The van der Waals surface area contributed by atoms with Crippen LogP contribution in [0.1, 0.15) is 203 Å². The number of methoxy groups -OCH3 is 7. The third-order valence-electron chi connectivity index (χ3n) is 23.4. The molecule has 0 heterocycles. The molecule has 6 saturated carbocycles. The number of ether oxygens (including phenoxy) is 7. The van der Waals surface area contributed by atoms with Crippen LogP contribution >= 0.6 is 34.3 Å². The Bertz CT molecular complexity index is 3940. The van der Waals surface area contributed by atoms with Crippen molar-refractivity contribution >= 4 is 91.5 Å². The van der Waals surface area contributed by atoms with Gasteiger partial charge in [-0.1, -0.05) is 115 Å². The number of aliphatic carboxylic acids is 2. The molecule has 0 aliphatic heterocycles. The predicted octanol–water partition coefficient (Wildman–Crippen LogP) is 11.4. The molecule has 5 N–H and O–H groups in total. The number of benzene rings is 6. The molecule has 0 atom stereocenters. The Morgan fingerprint density at radius 2 is 0.655 bits per heavy atom. The summed E-state index contributed by atoms with van der Waals surface area (Å²) >= 11 is 17.0. The van der Waals surface area contributed by atoms with E-state index in [9.17, 15) is 39.0 Å². The van der Waals surface area contributed by atoms with Crippen molar-refractivity contribution in [1.29, 1.82) is 0 Å². The van der Waals surface area contributed by atoms with E-state index in [4.69, 9.17) is 92.5 Å². The Hall–Kier alpha value is -5.73. The van der Waals surface area contributed by atoms with Gasteiger partial charge in [0, 0.05) is 36.5 Å². The van der Waals surface area contributed by atoms with E-state index in [-0.39, 0.29) is 130 Å². The monoisotopic (exact) mass is 1770 g/mol. The average Bonchev–Trinajstić information content (AvgIpc) is 1.59. The van der Waals surface area contributed by atoms with Gasteiger partial charge in [-0.3, -0.25) is 33.6 Å². The molecule has 6 aromatic carbocycles. The second-order valence-corrected chi connectivity index (χ2v) is 45.3. The summed E-state index contributed by atoms with van der Waals surface area (Å²) in [6.07, 6.45) is 10.5. The van der Waals surface area contributed by atoms with Crippen LogP contribution in [0.2, 0.25) is 36.3 Å². The summed E-state index contributed by atoms with van der Waals surface area (Å²) in [5.74, 6) is 4.39. The fraction of sp³-hybridized carbons (Fsp3) is 0.522. The number of hydrogen-bond acceptors (Lipinski definition) is 20. The molecule has 22 nitrogen and oxygen atoms in total. The number of aliphatic hydroxyl groups is 3. The molecule has 0 unspecified atom stereocenters. The number of hydrogen-bond donors (Lipinski definition) is 5. The second kappa shape index (κ2) is 49.7. The van der Waals surface area contributed by atoms with E-state index in [0.29, 0.717) is 53.5 Å². The maximum atomic E-state index is 12.0. The van der Waals surface area contributed by atoms with Gasteiger partial charge in [0.05, 0.1) is 101 Å². The first-order chi connectivity index (χ1) is 54.9. The van der Waals surface area contributed by atoms with E-state index >= 15 is 0 Å². The van der Waals surface area contributed by atoms with Gasteiger partial charge in [0.1, 0.15) is 63.7 Å². The average molecular weight is 1770 g/mol. The maximum absolute atomic E-state index is 12.0. The number of alkyl halides is 2. The molecule has 0 bridgehead atoms. The Morgan fingerprint density at radius 3 is 0.866 bits per heavy atom. The number of aliphatic hydroxyl groups excluding tert-OH is 3. The molecule has 650 valence electrons. The van der Waals surface area contributed by atoms with Crippen molar-refractivity contribution in [3.8, 4) is 34.5 Å². The summed E-state index contributed by atoms with van der Waals surface area (Å²) in [5.41, 5.74) is 7.08. The molecule has 29 heteroatoms. The number of halogens is 3. The van der Waals surface area contributed by atoms with Crippen molar-refractivity contribution in [2.24, 2.45) is 0 Å². The second-order valence-electron chi connectivity index (χ2n) is 32.7. The molecule has 0 aromatic heterocycles. The molecule has 6 aliphatic carbocycles. The molecule has 6 aromatic rings. The smallest absolute Gasteiger partial charge is 1.00 e. The largest absolute Gasteiger partial charge is 1.00 e.